The predicted octanol–water partition coefficient (Wildman–Crippen LogP) is 3.56. The number of rotatable bonds is 8. The minimum Gasteiger partial charge on any atom is -0.497 e. The third-order valence-electron chi connectivity index (χ3n) is 4.83. The van der Waals surface area contributed by atoms with Crippen molar-refractivity contribution in [1.82, 2.24) is 0 Å². The molecule has 30 heavy (non-hydrogen) atoms. The van der Waals surface area contributed by atoms with Gasteiger partial charge in [0.2, 0.25) is 0 Å². The van der Waals surface area contributed by atoms with E-state index in [9.17, 15) is 5.11 Å². The third kappa shape index (κ3) is 5.30. The molecule has 6 heteroatoms. The zero-order valence-electron chi connectivity index (χ0n) is 17.2. The van der Waals surface area contributed by atoms with Crippen molar-refractivity contribution in [2.75, 3.05) is 26.1 Å². The highest BCUT2D eigenvalue weighted by molar-refractivity contribution is 5.94. The van der Waals surface area contributed by atoms with Gasteiger partial charge < -0.3 is 25.6 Å². The number of nitrogens with one attached hydrogen (secondary N) is 1. The summed E-state index contributed by atoms with van der Waals surface area (Å²) >= 11 is 0. The highest BCUT2D eigenvalue weighted by atomic mass is 16.5. The Morgan fingerprint density at radius 3 is 2.27 bits per heavy atom. The van der Waals surface area contributed by atoms with Crippen molar-refractivity contribution in [3.63, 3.8) is 0 Å². The smallest absolute Gasteiger partial charge is 0.193 e. The van der Waals surface area contributed by atoms with Crippen molar-refractivity contribution < 1.29 is 14.6 Å². The monoisotopic (exact) mass is 405 g/mol. The summed E-state index contributed by atoms with van der Waals surface area (Å²) in [6.07, 6.45) is 0.414. The molecule has 6 nitrogen and oxygen atoms in total. The van der Waals surface area contributed by atoms with Gasteiger partial charge in [0.05, 0.1) is 26.5 Å². The molecular weight excluding hydrogens is 378 g/mol. The zero-order chi connectivity index (χ0) is 21.4. The largest absolute Gasteiger partial charge is 0.497 e. The highest BCUT2D eigenvalue weighted by Crippen LogP contribution is 2.29. The normalized spacial score (nSPS) is 13.4. The number of hydrogen-bond acceptors (Lipinski definition) is 4. The standard InChI is InChI=1S/C24H27N3O3/c1-29-20-13-14-22(30-2)21(15-20)27-23(25)26-17-24(28,19-11-7-4-8-12-19)16-18-9-5-3-6-10-18/h3-15,28H,16-17H2,1-2H3,(H3,25,26,27). The molecule has 0 spiro atoms. The summed E-state index contributed by atoms with van der Waals surface area (Å²) in [7, 11) is 3.17. The summed E-state index contributed by atoms with van der Waals surface area (Å²) in [5.41, 5.74) is 7.35. The average molecular weight is 405 g/mol. The van der Waals surface area contributed by atoms with Crippen LogP contribution in [0.3, 0.4) is 0 Å². The summed E-state index contributed by atoms with van der Waals surface area (Å²) in [6.45, 7) is 0.0943. The zero-order valence-corrected chi connectivity index (χ0v) is 17.2. The lowest BCUT2D eigenvalue weighted by Crippen LogP contribution is -2.34. The predicted molar refractivity (Wildman–Crippen MR) is 120 cm³/mol. The van der Waals surface area contributed by atoms with Gasteiger partial charge in [0.1, 0.15) is 17.1 Å². The van der Waals surface area contributed by atoms with Crippen LogP contribution in [0.5, 0.6) is 11.5 Å². The van der Waals surface area contributed by atoms with E-state index in [1.54, 1.807) is 32.4 Å². The summed E-state index contributed by atoms with van der Waals surface area (Å²) in [5.74, 6) is 1.44. The van der Waals surface area contributed by atoms with Crippen molar-refractivity contribution in [1.29, 1.82) is 0 Å². The van der Waals surface area contributed by atoms with E-state index in [1.807, 2.05) is 60.7 Å². The van der Waals surface area contributed by atoms with Gasteiger partial charge in [-0.25, -0.2) is 4.99 Å². The Kier molecular flexibility index (Phi) is 6.93. The fourth-order valence-corrected chi connectivity index (χ4v) is 3.24. The SMILES string of the molecule is COc1ccc(OC)c(NC(N)=NCC(O)(Cc2ccccc2)c2ccccc2)c1. The van der Waals surface area contributed by atoms with Crippen LogP contribution in [0.1, 0.15) is 11.1 Å². The lowest BCUT2D eigenvalue weighted by Gasteiger charge is -2.27. The summed E-state index contributed by atoms with van der Waals surface area (Å²) in [5, 5.41) is 14.5. The second-order valence-electron chi connectivity index (χ2n) is 6.95. The third-order valence-corrected chi connectivity index (χ3v) is 4.83. The van der Waals surface area contributed by atoms with Crippen LogP contribution in [0.2, 0.25) is 0 Å². The lowest BCUT2D eigenvalue weighted by molar-refractivity contribution is 0.0468. The number of anilines is 1. The van der Waals surface area contributed by atoms with Crippen molar-refractivity contribution in [3.8, 4) is 11.5 Å². The molecule has 0 bridgehead atoms. The van der Waals surface area contributed by atoms with Crippen LogP contribution >= 0.6 is 0 Å². The summed E-state index contributed by atoms with van der Waals surface area (Å²) < 4.78 is 10.6. The topological polar surface area (TPSA) is 89.1 Å². The van der Waals surface area contributed by atoms with Gasteiger partial charge in [0, 0.05) is 12.5 Å². The molecular formula is C24H27N3O3. The highest BCUT2D eigenvalue weighted by Gasteiger charge is 2.29. The molecule has 3 aromatic carbocycles. The first kappa shape index (κ1) is 21.2. The van der Waals surface area contributed by atoms with Crippen molar-refractivity contribution in [2.45, 2.75) is 12.0 Å². The Morgan fingerprint density at radius 1 is 0.967 bits per heavy atom. The van der Waals surface area contributed by atoms with Crippen molar-refractivity contribution in [2.24, 2.45) is 10.7 Å². The number of hydrogen-bond donors (Lipinski definition) is 3. The van der Waals surface area contributed by atoms with Crippen LogP contribution in [0.4, 0.5) is 5.69 Å². The van der Waals surface area contributed by atoms with Gasteiger partial charge >= 0.3 is 0 Å². The molecule has 0 fully saturated rings. The maximum atomic E-state index is 11.5. The molecule has 0 amide bonds. The van der Waals surface area contributed by atoms with Crippen molar-refractivity contribution >= 4 is 11.6 Å². The first-order chi connectivity index (χ1) is 14.5. The molecule has 4 N–H and O–H groups in total. The van der Waals surface area contributed by atoms with Crippen LogP contribution in [-0.4, -0.2) is 31.8 Å². The van der Waals surface area contributed by atoms with Gasteiger partial charge in [-0.1, -0.05) is 60.7 Å². The van der Waals surface area contributed by atoms with Gasteiger partial charge in [0.25, 0.3) is 0 Å². The van der Waals surface area contributed by atoms with Gasteiger partial charge in [0.15, 0.2) is 5.96 Å². The Bertz CT molecular complexity index is 978. The van der Waals surface area contributed by atoms with E-state index >= 15 is 0 Å². The molecule has 3 rings (SSSR count). The summed E-state index contributed by atoms with van der Waals surface area (Å²) in [4.78, 5) is 4.43. The fourth-order valence-electron chi connectivity index (χ4n) is 3.24. The van der Waals surface area contributed by atoms with Gasteiger partial charge in [-0.3, -0.25) is 0 Å². The molecule has 3 aromatic rings. The first-order valence-corrected chi connectivity index (χ1v) is 9.65. The van der Waals surface area contributed by atoms with Crippen LogP contribution in [0.25, 0.3) is 0 Å². The minimum absolute atomic E-state index is 0.0943. The Morgan fingerprint density at radius 2 is 1.63 bits per heavy atom. The summed E-state index contributed by atoms with van der Waals surface area (Å²) in [6, 6.07) is 24.7. The molecule has 1 unspecified atom stereocenters. The molecule has 1 atom stereocenters. The number of nitrogens with zero attached hydrogens (tertiary/aromatic N) is 1. The minimum atomic E-state index is -1.20. The number of aliphatic hydroxyl groups is 1. The molecule has 0 aliphatic rings. The molecule has 0 aromatic heterocycles. The quantitative estimate of drug-likeness (QED) is 0.394. The van der Waals surface area contributed by atoms with E-state index in [4.69, 9.17) is 15.2 Å². The second-order valence-corrected chi connectivity index (χ2v) is 6.95. The lowest BCUT2D eigenvalue weighted by atomic mass is 9.87. The molecule has 0 aliphatic carbocycles. The van der Waals surface area contributed by atoms with E-state index in [0.717, 1.165) is 11.1 Å². The maximum Gasteiger partial charge on any atom is 0.193 e. The van der Waals surface area contributed by atoms with Crippen LogP contribution < -0.4 is 20.5 Å². The molecule has 0 saturated heterocycles. The first-order valence-electron chi connectivity index (χ1n) is 9.65. The number of methoxy groups -OCH3 is 2. The van der Waals surface area contributed by atoms with Gasteiger partial charge in [-0.15, -0.1) is 0 Å². The van der Waals surface area contributed by atoms with Gasteiger partial charge in [-0.05, 0) is 23.3 Å². The second kappa shape index (κ2) is 9.80. The van der Waals surface area contributed by atoms with Gasteiger partial charge in [-0.2, -0.15) is 0 Å². The molecule has 156 valence electrons. The van der Waals surface area contributed by atoms with Crippen LogP contribution in [0.15, 0.2) is 83.9 Å². The molecule has 0 saturated carbocycles. The van der Waals surface area contributed by atoms with E-state index in [-0.39, 0.29) is 12.5 Å². The maximum absolute atomic E-state index is 11.5. The van der Waals surface area contributed by atoms with E-state index in [1.165, 1.54) is 0 Å². The van der Waals surface area contributed by atoms with E-state index in [0.29, 0.717) is 23.6 Å². The van der Waals surface area contributed by atoms with E-state index < -0.39 is 5.60 Å². The fraction of sp³-hybridized carbons (Fsp3) is 0.208. The van der Waals surface area contributed by atoms with E-state index in [2.05, 4.69) is 10.3 Å². The Hall–Kier alpha value is -3.51. The number of benzene rings is 3. The average Bonchev–Trinajstić information content (AvgIpc) is 2.79. The molecule has 0 aliphatic heterocycles. The number of nitrogens with two attached hydrogens (primary N) is 1. The molecule has 0 heterocycles. The molecule has 0 radical (unpaired) electrons. The number of ether oxygens (including phenoxy) is 2. The van der Waals surface area contributed by atoms with Crippen LogP contribution in [0, 0.1) is 0 Å². The number of guanidine groups is 1. The Balaban J connectivity index is 1.83. The number of aliphatic imine (C=N–C) groups is 1. The van der Waals surface area contributed by atoms with Crippen molar-refractivity contribution in [3.05, 3.63) is 90.0 Å². The Labute approximate surface area is 177 Å². The van der Waals surface area contributed by atoms with Crippen LogP contribution in [-0.2, 0) is 12.0 Å².